The van der Waals surface area contributed by atoms with Gasteiger partial charge in [-0.15, -0.1) is 0 Å². The molecule has 0 spiro atoms. The SMILES string of the molecule is C=C(C)C(=O)N(CCOc1ccc(CC(Nc2ccccc2C(=O)c2ccccc2)C(=O)O)cc1)c1ccccc1. The molecule has 4 rings (SSSR count). The van der Waals surface area contributed by atoms with Crippen LogP contribution < -0.4 is 15.0 Å². The van der Waals surface area contributed by atoms with Crippen molar-refractivity contribution in [3.8, 4) is 5.75 Å². The summed E-state index contributed by atoms with van der Waals surface area (Å²) in [5.74, 6) is -0.789. The van der Waals surface area contributed by atoms with Crippen LogP contribution in [0.5, 0.6) is 5.75 Å². The third-order valence-electron chi connectivity index (χ3n) is 6.46. The van der Waals surface area contributed by atoms with Gasteiger partial charge in [-0.05, 0) is 48.9 Å². The summed E-state index contributed by atoms with van der Waals surface area (Å²) in [5, 5.41) is 13.0. The lowest BCUT2D eigenvalue weighted by atomic mass is 10.00. The average Bonchev–Trinajstić information content (AvgIpc) is 3.00. The van der Waals surface area contributed by atoms with Crippen molar-refractivity contribution in [1.29, 1.82) is 0 Å². The molecule has 2 N–H and O–H groups in total. The second kappa shape index (κ2) is 13.8. The number of rotatable bonds is 13. The maximum Gasteiger partial charge on any atom is 0.326 e. The highest BCUT2D eigenvalue weighted by atomic mass is 16.5. The Morgan fingerprint density at radius 2 is 1.46 bits per heavy atom. The molecule has 0 saturated carbocycles. The second-order valence-electron chi connectivity index (χ2n) is 9.55. The number of carbonyl (C=O) groups excluding carboxylic acids is 2. The maximum absolute atomic E-state index is 13.1. The summed E-state index contributed by atoms with van der Waals surface area (Å²) < 4.78 is 5.88. The molecule has 1 unspecified atom stereocenters. The average molecular weight is 549 g/mol. The van der Waals surface area contributed by atoms with E-state index >= 15 is 0 Å². The summed E-state index contributed by atoms with van der Waals surface area (Å²) in [6, 6.07) is 31.3. The number of ketones is 1. The molecule has 41 heavy (non-hydrogen) atoms. The topological polar surface area (TPSA) is 95.9 Å². The molecule has 1 atom stereocenters. The standard InChI is InChI=1S/C34H32N2O5/c1-24(2)33(38)36(27-13-7-4-8-14-27)21-22-41-28-19-17-25(18-20-28)23-31(34(39)40)35-30-16-10-9-15-29(30)32(37)26-11-5-3-6-12-26/h3-20,31,35H,1,21-23H2,2H3,(H,39,40). The first-order valence-corrected chi connectivity index (χ1v) is 13.3. The van der Waals surface area contributed by atoms with Gasteiger partial charge in [0.05, 0.1) is 6.54 Å². The third-order valence-corrected chi connectivity index (χ3v) is 6.46. The largest absolute Gasteiger partial charge is 0.492 e. The fraction of sp³-hybridized carbons (Fsp3) is 0.147. The van der Waals surface area contributed by atoms with E-state index in [1.54, 1.807) is 72.5 Å². The molecule has 0 radical (unpaired) electrons. The number of aliphatic carboxylic acids is 1. The van der Waals surface area contributed by atoms with Crippen LogP contribution in [0.2, 0.25) is 0 Å². The molecule has 0 fully saturated rings. The van der Waals surface area contributed by atoms with Crippen LogP contribution in [0.3, 0.4) is 0 Å². The number of nitrogens with zero attached hydrogens (tertiary/aromatic N) is 1. The van der Waals surface area contributed by atoms with E-state index in [9.17, 15) is 19.5 Å². The molecule has 4 aromatic rings. The Kier molecular flexibility index (Phi) is 9.67. The number of benzene rings is 4. The van der Waals surface area contributed by atoms with E-state index in [4.69, 9.17) is 4.74 Å². The molecular weight excluding hydrogens is 516 g/mol. The minimum absolute atomic E-state index is 0.172. The van der Waals surface area contributed by atoms with Gasteiger partial charge < -0.3 is 20.1 Å². The van der Waals surface area contributed by atoms with Crippen LogP contribution in [0.1, 0.15) is 28.4 Å². The van der Waals surface area contributed by atoms with E-state index in [1.807, 2.05) is 48.5 Å². The van der Waals surface area contributed by atoms with Crippen molar-refractivity contribution < 1.29 is 24.2 Å². The number of carbonyl (C=O) groups is 3. The smallest absolute Gasteiger partial charge is 0.326 e. The van der Waals surface area contributed by atoms with Crippen LogP contribution in [0.4, 0.5) is 11.4 Å². The Morgan fingerprint density at radius 3 is 2.10 bits per heavy atom. The third kappa shape index (κ3) is 7.70. The van der Waals surface area contributed by atoms with E-state index in [2.05, 4.69) is 11.9 Å². The second-order valence-corrected chi connectivity index (χ2v) is 9.55. The van der Waals surface area contributed by atoms with Crippen molar-refractivity contribution in [2.24, 2.45) is 0 Å². The van der Waals surface area contributed by atoms with Gasteiger partial charge in [0.15, 0.2) is 5.78 Å². The highest BCUT2D eigenvalue weighted by molar-refractivity contribution is 6.12. The van der Waals surface area contributed by atoms with Crippen molar-refractivity contribution in [2.45, 2.75) is 19.4 Å². The Bertz CT molecular complexity index is 1500. The highest BCUT2D eigenvalue weighted by Gasteiger charge is 2.21. The lowest BCUT2D eigenvalue weighted by Gasteiger charge is -2.23. The van der Waals surface area contributed by atoms with Gasteiger partial charge in [0.1, 0.15) is 18.4 Å². The molecule has 0 heterocycles. The molecule has 208 valence electrons. The van der Waals surface area contributed by atoms with E-state index in [-0.39, 0.29) is 24.7 Å². The van der Waals surface area contributed by atoms with Gasteiger partial charge in [-0.3, -0.25) is 9.59 Å². The summed E-state index contributed by atoms with van der Waals surface area (Å²) >= 11 is 0. The molecule has 7 nitrogen and oxygen atoms in total. The fourth-order valence-corrected chi connectivity index (χ4v) is 4.34. The van der Waals surface area contributed by atoms with E-state index in [0.29, 0.717) is 34.7 Å². The molecule has 4 aromatic carbocycles. The van der Waals surface area contributed by atoms with Crippen LogP contribution >= 0.6 is 0 Å². The minimum Gasteiger partial charge on any atom is -0.492 e. The van der Waals surface area contributed by atoms with Crippen molar-refractivity contribution in [3.63, 3.8) is 0 Å². The number of nitrogens with one attached hydrogen (secondary N) is 1. The highest BCUT2D eigenvalue weighted by Crippen LogP contribution is 2.22. The summed E-state index contributed by atoms with van der Waals surface area (Å²) in [4.78, 5) is 39.5. The van der Waals surface area contributed by atoms with Crippen LogP contribution in [0.15, 0.2) is 121 Å². The lowest BCUT2D eigenvalue weighted by Crippen LogP contribution is -2.35. The van der Waals surface area contributed by atoms with Gasteiger partial charge in [0.25, 0.3) is 5.91 Å². The zero-order chi connectivity index (χ0) is 29.2. The molecule has 0 bridgehead atoms. The number of hydrogen-bond donors (Lipinski definition) is 2. The van der Waals surface area contributed by atoms with Gasteiger partial charge in [-0.2, -0.15) is 0 Å². The molecule has 0 aliphatic rings. The van der Waals surface area contributed by atoms with E-state index in [1.165, 1.54) is 0 Å². The van der Waals surface area contributed by atoms with Crippen LogP contribution in [-0.2, 0) is 16.0 Å². The number of hydrogen-bond acceptors (Lipinski definition) is 5. The Labute approximate surface area is 239 Å². The van der Waals surface area contributed by atoms with Gasteiger partial charge in [-0.25, -0.2) is 4.79 Å². The van der Waals surface area contributed by atoms with Crippen LogP contribution in [-0.4, -0.2) is 42.0 Å². The summed E-state index contributed by atoms with van der Waals surface area (Å²) in [5.41, 5.74) is 3.38. The molecule has 7 heteroatoms. The number of carboxylic acid groups (broad SMARTS) is 1. The predicted octanol–water partition coefficient (Wildman–Crippen LogP) is 6.01. The zero-order valence-corrected chi connectivity index (χ0v) is 22.8. The van der Waals surface area contributed by atoms with Crippen molar-refractivity contribution in [1.82, 2.24) is 0 Å². The minimum atomic E-state index is -1.03. The monoisotopic (exact) mass is 548 g/mol. The molecular formula is C34H32N2O5. The Hall–Kier alpha value is -5.17. The Balaban J connectivity index is 1.39. The van der Waals surface area contributed by atoms with Crippen molar-refractivity contribution in [2.75, 3.05) is 23.4 Å². The normalized spacial score (nSPS) is 11.2. The first-order chi connectivity index (χ1) is 19.8. The number of anilines is 2. The first kappa shape index (κ1) is 28.8. The van der Waals surface area contributed by atoms with Crippen LogP contribution in [0, 0.1) is 0 Å². The zero-order valence-electron chi connectivity index (χ0n) is 22.8. The van der Waals surface area contributed by atoms with Gasteiger partial charge in [0, 0.05) is 34.5 Å². The summed E-state index contributed by atoms with van der Waals surface area (Å²) in [7, 11) is 0. The fourth-order valence-electron chi connectivity index (χ4n) is 4.34. The molecule has 0 aliphatic heterocycles. The van der Waals surface area contributed by atoms with Crippen molar-refractivity contribution >= 4 is 29.0 Å². The molecule has 0 saturated heterocycles. The van der Waals surface area contributed by atoms with Gasteiger partial charge in [-0.1, -0.05) is 79.4 Å². The molecule has 0 aromatic heterocycles. The predicted molar refractivity (Wildman–Crippen MR) is 161 cm³/mol. The van der Waals surface area contributed by atoms with Crippen LogP contribution in [0.25, 0.3) is 0 Å². The van der Waals surface area contributed by atoms with E-state index < -0.39 is 12.0 Å². The number of ether oxygens (including phenoxy) is 1. The quantitative estimate of drug-likeness (QED) is 0.157. The number of amides is 1. The van der Waals surface area contributed by atoms with E-state index in [0.717, 1.165) is 11.3 Å². The summed E-state index contributed by atoms with van der Waals surface area (Å²) in [6.45, 7) is 6.05. The summed E-state index contributed by atoms with van der Waals surface area (Å²) in [6.07, 6.45) is 0.193. The molecule has 1 amide bonds. The van der Waals surface area contributed by atoms with Crippen molar-refractivity contribution in [3.05, 3.63) is 138 Å². The first-order valence-electron chi connectivity index (χ1n) is 13.3. The number of para-hydroxylation sites is 2. The van der Waals surface area contributed by atoms with Gasteiger partial charge >= 0.3 is 5.97 Å². The lowest BCUT2D eigenvalue weighted by molar-refractivity contribution is -0.137. The van der Waals surface area contributed by atoms with Gasteiger partial charge in [0.2, 0.25) is 0 Å². The molecule has 0 aliphatic carbocycles. The maximum atomic E-state index is 13.1. The Morgan fingerprint density at radius 1 is 0.854 bits per heavy atom. The number of carboxylic acids is 1.